The van der Waals surface area contributed by atoms with Crippen LogP contribution in [0.25, 0.3) is 16.6 Å². The normalized spacial score (nSPS) is 15.8. The van der Waals surface area contributed by atoms with Gasteiger partial charge in [0.15, 0.2) is 5.82 Å². The first-order chi connectivity index (χ1) is 15.0. The van der Waals surface area contributed by atoms with Gasteiger partial charge in [-0.1, -0.05) is 30.3 Å². The topological polar surface area (TPSA) is 23.8 Å². The maximum atomic E-state index is 13.2. The molecule has 0 saturated carbocycles. The van der Waals surface area contributed by atoms with Gasteiger partial charge in [0, 0.05) is 38.9 Å². The lowest BCUT2D eigenvalue weighted by Gasteiger charge is -2.36. The maximum Gasteiger partial charge on any atom is 0.416 e. The van der Waals surface area contributed by atoms with Crippen LogP contribution in [0.1, 0.15) is 11.1 Å². The second-order valence-electron chi connectivity index (χ2n) is 7.92. The number of rotatable bonds is 4. The minimum atomic E-state index is -4.31. The fourth-order valence-corrected chi connectivity index (χ4v) is 4.42. The summed E-state index contributed by atoms with van der Waals surface area (Å²) in [5.74, 6) is 0.964. The summed E-state index contributed by atoms with van der Waals surface area (Å²) < 4.78 is 41.9. The van der Waals surface area contributed by atoms with E-state index in [0.29, 0.717) is 18.5 Å². The second-order valence-corrected chi connectivity index (χ2v) is 7.92. The number of para-hydroxylation sites is 2. The summed E-state index contributed by atoms with van der Waals surface area (Å²) in [7, 11) is 0. The van der Waals surface area contributed by atoms with Crippen LogP contribution in [0.15, 0.2) is 66.9 Å². The van der Waals surface area contributed by atoms with Crippen molar-refractivity contribution in [2.24, 2.45) is 0 Å². The summed E-state index contributed by atoms with van der Waals surface area (Å²) in [5.41, 5.74) is 2.94. The molecule has 1 fully saturated rings. The third kappa shape index (κ3) is 3.85. The highest BCUT2D eigenvalue weighted by atomic mass is 19.4. The number of piperazine rings is 1. The zero-order chi connectivity index (χ0) is 21.4. The molecule has 1 aliphatic rings. The maximum absolute atomic E-state index is 13.2. The molecular formula is C24H23F3N4. The summed E-state index contributed by atoms with van der Waals surface area (Å²) in [6, 6.07) is 18.1. The summed E-state index contributed by atoms with van der Waals surface area (Å²) in [4.78, 5) is 9.43. The van der Waals surface area contributed by atoms with Crippen molar-refractivity contribution in [2.45, 2.75) is 12.6 Å². The zero-order valence-electron chi connectivity index (χ0n) is 17.0. The van der Waals surface area contributed by atoms with E-state index in [-0.39, 0.29) is 0 Å². The first kappa shape index (κ1) is 19.9. The van der Waals surface area contributed by atoms with Crippen molar-refractivity contribution < 1.29 is 13.2 Å². The molecule has 160 valence electrons. The quantitative estimate of drug-likeness (QED) is 0.467. The Bertz CT molecular complexity index is 1210. The van der Waals surface area contributed by atoms with Crippen molar-refractivity contribution >= 4 is 22.4 Å². The molecule has 0 unspecified atom stereocenters. The number of hydrogen-bond donors (Lipinski definition) is 0. The fraction of sp³-hybridized carbons (Fsp3) is 0.292. The van der Waals surface area contributed by atoms with E-state index in [1.54, 1.807) is 12.1 Å². The van der Waals surface area contributed by atoms with Gasteiger partial charge < -0.3 is 9.30 Å². The smallest absolute Gasteiger partial charge is 0.352 e. The highest BCUT2D eigenvalue weighted by Crippen LogP contribution is 2.32. The highest BCUT2D eigenvalue weighted by Gasteiger charge is 2.33. The lowest BCUT2D eigenvalue weighted by Crippen LogP contribution is -2.47. The molecule has 0 N–H and O–H groups in total. The van der Waals surface area contributed by atoms with Gasteiger partial charge in [0.05, 0.1) is 22.1 Å². The van der Waals surface area contributed by atoms with Crippen LogP contribution in [0.5, 0.6) is 0 Å². The zero-order valence-corrected chi connectivity index (χ0v) is 17.0. The number of halogens is 3. The monoisotopic (exact) mass is 424 g/mol. The third-order valence-corrected chi connectivity index (χ3v) is 6.04. The minimum Gasteiger partial charge on any atom is -0.352 e. The van der Waals surface area contributed by atoms with Crippen LogP contribution in [0.2, 0.25) is 0 Å². The number of alkyl halides is 3. The average molecular weight is 424 g/mol. The molecule has 5 rings (SSSR count). The van der Waals surface area contributed by atoms with Crippen LogP contribution < -0.4 is 4.90 Å². The Balaban J connectivity index is 1.29. The van der Waals surface area contributed by atoms with Gasteiger partial charge in [-0.25, -0.2) is 4.98 Å². The van der Waals surface area contributed by atoms with E-state index in [1.165, 1.54) is 12.1 Å². The molecule has 7 heteroatoms. The summed E-state index contributed by atoms with van der Waals surface area (Å²) in [6.07, 6.45) is -1.86. The van der Waals surface area contributed by atoms with E-state index >= 15 is 0 Å². The van der Waals surface area contributed by atoms with Crippen LogP contribution >= 0.6 is 0 Å². The van der Waals surface area contributed by atoms with Crippen LogP contribution in [0.3, 0.4) is 0 Å². The van der Waals surface area contributed by atoms with Crippen molar-refractivity contribution in [3.63, 3.8) is 0 Å². The minimum absolute atomic E-state index is 0.364. The third-order valence-electron chi connectivity index (χ3n) is 6.04. The van der Waals surface area contributed by atoms with Gasteiger partial charge in [-0.05, 0) is 42.3 Å². The number of anilines is 1. The first-order valence-corrected chi connectivity index (χ1v) is 10.5. The predicted molar refractivity (Wildman–Crippen MR) is 116 cm³/mol. The number of aromatic nitrogens is 2. The van der Waals surface area contributed by atoms with Crippen LogP contribution in [0.4, 0.5) is 19.0 Å². The number of hydrogen-bond acceptors (Lipinski definition) is 3. The molecule has 0 bridgehead atoms. The lowest BCUT2D eigenvalue weighted by atomic mass is 10.0. The van der Waals surface area contributed by atoms with Gasteiger partial charge in [-0.3, -0.25) is 4.90 Å². The van der Waals surface area contributed by atoms with E-state index in [2.05, 4.69) is 32.5 Å². The molecule has 0 radical (unpaired) electrons. The van der Waals surface area contributed by atoms with Gasteiger partial charge in [0.2, 0.25) is 0 Å². The van der Waals surface area contributed by atoms with Crippen molar-refractivity contribution in [3.05, 3.63) is 78.0 Å². The lowest BCUT2D eigenvalue weighted by molar-refractivity contribution is -0.138. The molecule has 0 aliphatic carbocycles. The molecule has 3 heterocycles. The second kappa shape index (κ2) is 7.89. The fourth-order valence-electron chi connectivity index (χ4n) is 4.42. The van der Waals surface area contributed by atoms with Crippen molar-refractivity contribution in [1.82, 2.24) is 14.3 Å². The van der Waals surface area contributed by atoms with E-state index in [9.17, 15) is 13.2 Å². The molecule has 2 aromatic heterocycles. The van der Waals surface area contributed by atoms with Gasteiger partial charge >= 0.3 is 6.18 Å². The molecule has 31 heavy (non-hydrogen) atoms. The van der Waals surface area contributed by atoms with Crippen LogP contribution in [-0.2, 0) is 12.6 Å². The number of nitrogens with zero attached hydrogens (tertiary/aromatic N) is 4. The molecule has 4 nitrogen and oxygen atoms in total. The SMILES string of the molecule is FC(F)(F)c1ccccc1CCN1CCN(c2nc3ccccc3n3cccc23)CC1. The van der Waals surface area contributed by atoms with E-state index in [0.717, 1.165) is 48.5 Å². The Kier molecular flexibility index (Phi) is 5.06. The van der Waals surface area contributed by atoms with Crippen LogP contribution in [0, 0.1) is 0 Å². The highest BCUT2D eigenvalue weighted by molar-refractivity contribution is 5.85. The van der Waals surface area contributed by atoms with E-state index in [1.807, 2.05) is 24.3 Å². The van der Waals surface area contributed by atoms with Gasteiger partial charge in [-0.2, -0.15) is 13.2 Å². The van der Waals surface area contributed by atoms with Gasteiger partial charge in [-0.15, -0.1) is 0 Å². The molecule has 0 atom stereocenters. The molecular weight excluding hydrogens is 401 g/mol. The Labute approximate surface area is 178 Å². The Morgan fingerprint density at radius 3 is 2.32 bits per heavy atom. The summed E-state index contributed by atoms with van der Waals surface area (Å²) in [6.45, 7) is 3.82. The summed E-state index contributed by atoms with van der Waals surface area (Å²) in [5, 5.41) is 0. The molecule has 2 aromatic carbocycles. The van der Waals surface area contributed by atoms with Crippen molar-refractivity contribution in [1.29, 1.82) is 0 Å². The van der Waals surface area contributed by atoms with Crippen molar-refractivity contribution in [3.8, 4) is 0 Å². The molecule has 1 aliphatic heterocycles. The van der Waals surface area contributed by atoms with Crippen molar-refractivity contribution in [2.75, 3.05) is 37.6 Å². The summed E-state index contributed by atoms with van der Waals surface area (Å²) >= 11 is 0. The molecule has 4 aromatic rings. The van der Waals surface area contributed by atoms with Gasteiger partial charge in [0.1, 0.15) is 0 Å². The first-order valence-electron chi connectivity index (χ1n) is 10.5. The van der Waals surface area contributed by atoms with E-state index < -0.39 is 11.7 Å². The van der Waals surface area contributed by atoms with Crippen LogP contribution in [-0.4, -0.2) is 47.0 Å². The predicted octanol–water partition coefficient (Wildman–Crippen LogP) is 4.87. The Hall–Kier alpha value is -3.06. The molecule has 1 saturated heterocycles. The number of fused-ring (bicyclic) bond motifs is 3. The van der Waals surface area contributed by atoms with Gasteiger partial charge in [0.25, 0.3) is 0 Å². The number of benzene rings is 2. The average Bonchev–Trinajstić information content (AvgIpc) is 3.27. The Morgan fingerprint density at radius 1 is 0.806 bits per heavy atom. The standard InChI is InChI=1S/C24H23F3N4/c25-24(26,27)19-7-2-1-6-18(19)11-13-29-14-16-30(17-15-29)23-22-10-5-12-31(22)21-9-4-3-8-20(21)28-23/h1-10,12H,11,13-17H2. The molecule has 0 spiro atoms. The largest absolute Gasteiger partial charge is 0.416 e. The Morgan fingerprint density at radius 2 is 1.52 bits per heavy atom. The van der Waals surface area contributed by atoms with E-state index in [4.69, 9.17) is 4.98 Å². The molecule has 0 amide bonds.